The van der Waals surface area contributed by atoms with Crippen LogP contribution in [0.4, 0.5) is 0 Å². The molecule has 0 aliphatic carbocycles. The third-order valence-corrected chi connectivity index (χ3v) is 3.90. The molecular formula is C19H20N4O3. The van der Waals surface area contributed by atoms with Crippen molar-refractivity contribution in [3.05, 3.63) is 71.9 Å². The van der Waals surface area contributed by atoms with Crippen molar-refractivity contribution < 1.29 is 14.3 Å². The molecule has 2 heterocycles. The van der Waals surface area contributed by atoms with Gasteiger partial charge in [0.1, 0.15) is 17.9 Å². The molecule has 7 nitrogen and oxygen atoms in total. The summed E-state index contributed by atoms with van der Waals surface area (Å²) in [5, 5.41) is 2.93. The van der Waals surface area contributed by atoms with Gasteiger partial charge in [-0.25, -0.2) is 9.97 Å². The number of carbonyl (C=O) groups is 1. The molecule has 0 unspecified atom stereocenters. The quantitative estimate of drug-likeness (QED) is 0.706. The topological polar surface area (TPSA) is 78.3 Å². The van der Waals surface area contributed by atoms with Crippen LogP contribution in [0, 0.1) is 0 Å². The number of amides is 1. The highest BCUT2D eigenvalue weighted by atomic mass is 16.5. The number of carbonyl (C=O) groups excluding carboxylic acids is 1. The molecular weight excluding hydrogens is 332 g/mol. The van der Waals surface area contributed by atoms with Gasteiger partial charge in [-0.1, -0.05) is 6.07 Å². The van der Waals surface area contributed by atoms with Crippen LogP contribution in [0.3, 0.4) is 0 Å². The van der Waals surface area contributed by atoms with Crippen molar-refractivity contribution >= 4 is 5.91 Å². The number of hydrogen-bond donors (Lipinski definition) is 1. The van der Waals surface area contributed by atoms with Gasteiger partial charge in [0, 0.05) is 48.9 Å². The zero-order chi connectivity index (χ0) is 18.4. The predicted octanol–water partition coefficient (Wildman–Crippen LogP) is 2.35. The van der Waals surface area contributed by atoms with E-state index in [0.29, 0.717) is 24.5 Å². The second-order valence-electron chi connectivity index (χ2n) is 5.60. The van der Waals surface area contributed by atoms with E-state index in [-0.39, 0.29) is 5.91 Å². The Morgan fingerprint density at radius 3 is 2.81 bits per heavy atom. The Morgan fingerprint density at radius 2 is 2.08 bits per heavy atom. The number of ether oxygens (including phenoxy) is 2. The van der Waals surface area contributed by atoms with Crippen molar-refractivity contribution in [1.29, 1.82) is 0 Å². The zero-order valence-electron chi connectivity index (χ0n) is 14.7. The van der Waals surface area contributed by atoms with Gasteiger partial charge >= 0.3 is 0 Å². The van der Waals surface area contributed by atoms with Crippen molar-refractivity contribution in [2.75, 3.05) is 14.2 Å². The van der Waals surface area contributed by atoms with Crippen LogP contribution in [0.5, 0.6) is 5.75 Å². The smallest absolute Gasteiger partial charge is 0.251 e. The van der Waals surface area contributed by atoms with E-state index in [1.165, 1.54) is 0 Å². The molecule has 0 saturated carbocycles. The van der Waals surface area contributed by atoms with Crippen LogP contribution in [-0.2, 0) is 17.9 Å². The number of methoxy groups -OCH3 is 2. The Hall–Kier alpha value is -3.19. The fraction of sp³-hybridized carbons (Fsp3) is 0.211. The molecule has 0 aliphatic rings. The third kappa shape index (κ3) is 3.89. The van der Waals surface area contributed by atoms with Crippen molar-refractivity contribution in [1.82, 2.24) is 19.9 Å². The lowest BCUT2D eigenvalue weighted by Gasteiger charge is -2.12. The van der Waals surface area contributed by atoms with E-state index in [9.17, 15) is 4.79 Å². The second-order valence-corrected chi connectivity index (χ2v) is 5.60. The molecule has 0 fully saturated rings. The van der Waals surface area contributed by atoms with Gasteiger partial charge in [-0.3, -0.25) is 9.36 Å². The fourth-order valence-corrected chi connectivity index (χ4v) is 2.65. The number of nitrogens with zero attached hydrogens (tertiary/aromatic N) is 3. The van der Waals surface area contributed by atoms with Gasteiger partial charge in [-0.2, -0.15) is 0 Å². The number of benzene rings is 1. The van der Waals surface area contributed by atoms with Crippen molar-refractivity contribution in [2.45, 2.75) is 13.2 Å². The standard InChI is InChI=1S/C19H20N4O3/c1-25-12-16-10-14(5-6-17(16)26-2)19(24)22-11-15-4-3-7-21-18(15)23-9-8-20-13-23/h3-10,13H,11-12H2,1-2H3,(H,22,24). The van der Waals surface area contributed by atoms with Crippen LogP contribution < -0.4 is 10.1 Å². The molecule has 1 N–H and O–H groups in total. The molecule has 3 aromatic rings. The van der Waals surface area contributed by atoms with Gasteiger partial charge in [0.2, 0.25) is 0 Å². The van der Waals surface area contributed by atoms with Crippen molar-refractivity contribution in [2.24, 2.45) is 0 Å². The summed E-state index contributed by atoms with van der Waals surface area (Å²) in [4.78, 5) is 20.9. The Kier molecular flexibility index (Phi) is 5.60. The van der Waals surface area contributed by atoms with Crippen LogP contribution in [0.2, 0.25) is 0 Å². The molecule has 0 spiro atoms. The van der Waals surface area contributed by atoms with Gasteiger partial charge < -0.3 is 14.8 Å². The maximum atomic E-state index is 12.5. The van der Waals surface area contributed by atoms with Crippen LogP contribution in [0.1, 0.15) is 21.5 Å². The lowest BCUT2D eigenvalue weighted by Crippen LogP contribution is -2.24. The first-order valence-corrected chi connectivity index (χ1v) is 8.09. The normalized spacial score (nSPS) is 10.5. The molecule has 1 aromatic carbocycles. The molecule has 7 heteroatoms. The third-order valence-electron chi connectivity index (χ3n) is 3.90. The van der Waals surface area contributed by atoms with Gasteiger partial charge in [-0.15, -0.1) is 0 Å². The molecule has 1 amide bonds. The summed E-state index contributed by atoms with van der Waals surface area (Å²) in [6.07, 6.45) is 6.88. The van der Waals surface area contributed by atoms with Crippen LogP contribution in [0.25, 0.3) is 5.82 Å². The van der Waals surface area contributed by atoms with E-state index in [2.05, 4.69) is 15.3 Å². The van der Waals surface area contributed by atoms with Crippen LogP contribution in [-0.4, -0.2) is 34.7 Å². The number of imidazole rings is 1. The summed E-state index contributed by atoms with van der Waals surface area (Å²) in [6, 6.07) is 9.04. The first-order chi connectivity index (χ1) is 12.7. The average Bonchev–Trinajstić information content (AvgIpc) is 3.21. The van der Waals surface area contributed by atoms with Gasteiger partial charge in [-0.05, 0) is 24.3 Å². The van der Waals surface area contributed by atoms with Crippen LogP contribution >= 0.6 is 0 Å². The SMILES string of the molecule is COCc1cc(C(=O)NCc2cccnc2-n2ccnc2)ccc1OC. The number of pyridine rings is 1. The van der Waals surface area contributed by atoms with Crippen LogP contribution in [0.15, 0.2) is 55.2 Å². The van der Waals surface area contributed by atoms with E-state index in [0.717, 1.165) is 16.9 Å². The van der Waals surface area contributed by atoms with Gasteiger partial charge in [0.15, 0.2) is 0 Å². The summed E-state index contributed by atoms with van der Waals surface area (Å²) in [5.74, 6) is 1.25. The van der Waals surface area contributed by atoms with E-state index in [1.807, 2.05) is 22.9 Å². The summed E-state index contributed by atoms with van der Waals surface area (Å²) < 4.78 is 12.3. The predicted molar refractivity (Wildman–Crippen MR) is 96.2 cm³/mol. The van der Waals surface area contributed by atoms with Crippen molar-refractivity contribution in [3.63, 3.8) is 0 Å². The molecule has 0 bridgehead atoms. The summed E-state index contributed by atoms with van der Waals surface area (Å²) >= 11 is 0. The van der Waals surface area contributed by atoms with Gasteiger partial charge in [0.05, 0.1) is 13.7 Å². The number of rotatable bonds is 7. The number of aromatic nitrogens is 3. The molecule has 3 rings (SSSR count). The highest BCUT2D eigenvalue weighted by Gasteiger charge is 2.12. The molecule has 0 atom stereocenters. The number of nitrogens with one attached hydrogen (secondary N) is 1. The minimum absolute atomic E-state index is 0.176. The minimum atomic E-state index is -0.176. The average molecular weight is 352 g/mol. The fourth-order valence-electron chi connectivity index (χ4n) is 2.65. The molecule has 0 aliphatic heterocycles. The van der Waals surface area contributed by atoms with E-state index >= 15 is 0 Å². The first-order valence-electron chi connectivity index (χ1n) is 8.09. The lowest BCUT2D eigenvalue weighted by atomic mass is 10.1. The van der Waals surface area contributed by atoms with Gasteiger partial charge in [0.25, 0.3) is 5.91 Å². The van der Waals surface area contributed by atoms with E-state index in [1.54, 1.807) is 51.1 Å². The van der Waals surface area contributed by atoms with Crippen molar-refractivity contribution in [3.8, 4) is 11.6 Å². The number of hydrogen-bond acceptors (Lipinski definition) is 5. The monoisotopic (exact) mass is 352 g/mol. The second kappa shape index (κ2) is 8.26. The Labute approximate surface area is 151 Å². The molecule has 0 radical (unpaired) electrons. The first kappa shape index (κ1) is 17.6. The zero-order valence-corrected chi connectivity index (χ0v) is 14.7. The highest BCUT2D eigenvalue weighted by Crippen LogP contribution is 2.21. The molecule has 2 aromatic heterocycles. The Balaban J connectivity index is 1.75. The Bertz CT molecular complexity index is 878. The largest absolute Gasteiger partial charge is 0.496 e. The Morgan fingerprint density at radius 1 is 1.19 bits per heavy atom. The summed E-state index contributed by atoms with van der Waals surface area (Å²) in [6.45, 7) is 0.726. The molecule has 134 valence electrons. The molecule has 0 saturated heterocycles. The highest BCUT2D eigenvalue weighted by molar-refractivity contribution is 5.94. The van der Waals surface area contributed by atoms with E-state index in [4.69, 9.17) is 9.47 Å². The lowest BCUT2D eigenvalue weighted by molar-refractivity contribution is 0.0950. The van der Waals surface area contributed by atoms with E-state index < -0.39 is 0 Å². The summed E-state index contributed by atoms with van der Waals surface area (Å²) in [5.41, 5.74) is 2.26. The maximum Gasteiger partial charge on any atom is 0.251 e. The molecule has 26 heavy (non-hydrogen) atoms. The summed E-state index contributed by atoms with van der Waals surface area (Å²) in [7, 11) is 3.19. The maximum absolute atomic E-state index is 12.5. The minimum Gasteiger partial charge on any atom is -0.496 e.